The van der Waals surface area contributed by atoms with Crippen LogP contribution in [0.5, 0.6) is 0 Å². The van der Waals surface area contributed by atoms with Gasteiger partial charge in [0.2, 0.25) is 0 Å². The van der Waals surface area contributed by atoms with Crippen LogP contribution in [0.1, 0.15) is 46.0 Å². The van der Waals surface area contributed by atoms with Crippen molar-refractivity contribution in [3.63, 3.8) is 0 Å². The van der Waals surface area contributed by atoms with Gasteiger partial charge in [0, 0.05) is 0 Å². The van der Waals surface area contributed by atoms with Crippen molar-refractivity contribution in [1.82, 2.24) is 0 Å². The quantitative estimate of drug-likeness (QED) is 0.311. The summed E-state index contributed by atoms with van der Waals surface area (Å²) in [5.74, 6) is -3.76. The van der Waals surface area contributed by atoms with E-state index in [0.717, 1.165) is 6.92 Å². The van der Waals surface area contributed by atoms with Crippen LogP contribution in [0.15, 0.2) is 0 Å². The molecule has 2 bridgehead atoms. The molecule has 172 valence electrons. The van der Waals surface area contributed by atoms with Gasteiger partial charge in [0.15, 0.2) is 0 Å². The average Bonchev–Trinajstić information content (AvgIpc) is 3.12. The van der Waals surface area contributed by atoms with Crippen LogP contribution in [0.2, 0.25) is 0 Å². The Bertz CT molecular complexity index is 572. The normalized spacial score (nSPS) is 31.8. The standard InChI is InChI=1S/C17H23F9O3/c1-3-13(2,15(18,19)20)12(29-28)11-6-8-4-9(10(11)5-8)7-14(27,16(21,22)23)17(24,25)26/h8-12,27-28H,3-7H2,1-2H3. The second-order valence-corrected chi connectivity index (χ2v) is 8.52. The summed E-state index contributed by atoms with van der Waals surface area (Å²) in [4.78, 5) is 4.16. The van der Waals surface area contributed by atoms with E-state index in [0.29, 0.717) is 0 Å². The molecular formula is C17H23F9O3. The molecule has 12 heteroatoms. The van der Waals surface area contributed by atoms with Crippen molar-refractivity contribution in [1.29, 1.82) is 0 Å². The van der Waals surface area contributed by atoms with Crippen molar-refractivity contribution in [3.05, 3.63) is 0 Å². The number of aliphatic hydroxyl groups is 1. The molecule has 0 aromatic carbocycles. The van der Waals surface area contributed by atoms with Crippen molar-refractivity contribution in [2.75, 3.05) is 0 Å². The Kier molecular flexibility index (Phi) is 6.29. The van der Waals surface area contributed by atoms with E-state index in [4.69, 9.17) is 0 Å². The maximum absolute atomic E-state index is 13.6. The molecule has 2 N–H and O–H groups in total. The van der Waals surface area contributed by atoms with Gasteiger partial charge in [-0.1, -0.05) is 6.92 Å². The van der Waals surface area contributed by atoms with Gasteiger partial charge in [-0.25, -0.2) is 4.89 Å². The Balaban J connectivity index is 2.33. The average molecular weight is 446 g/mol. The van der Waals surface area contributed by atoms with E-state index in [2.05, 4.69) is 4.89 Å². The highest BCUT2D eigenvalue weighted by Gasteiger charge is 2.72. The molecule has 0 aromatic heterocycles. The summed E-state index contributed by atoms with van der Waals surface area (Å²) < 4.78 is 119. The molecule has 2 aliphatic carbocycles. The van der Waals surface area contributed by atoms with Crippen LogP contribution in [0.4, 0.5) is 39.5 Å². The number of alkyl halides is 9. The molecule has 0 heterocycles. The van der Waals surface area contributed by atoms with Gasteiger partial charge in [-0.3, -0.25) is 5.26 Å². The Morgan fingerprint density at radius 2 is 1.41 bits per heavy atom. The summed E-state index contributed by atoms with van der Waals surface area (Å²) in [6, 6.07) is 0. The molecule has 0 spiro atoms. The molecule has 6 unspecified atom stereocenters. The highest BCUT2D eigenvalue weighted by atomic mass is 19.4. The first kappa shape index (κ1) is 24.5. The monoisotopic (exact) mass is 446 g/mol. The lowest BCUT2D eigenvalue weighted by atomic mass is 9.66. The Labute approximate surface area is 161 Å². The lowest BCUT2D eigenvalue weighted by molar-refractivity contribution is -0.376. The number of hydrogen-bond acceptors (Lipinski definition) is 3. The van der Waals surface area contributed by atoms with E-state index >= 15 is 0 Å². The molecule has 0 radical (unpaired) electrons. The third-order valence-corrected chi connectivity index (χ3v) is 7.01. The molecule has 0 aromatic rings. The van der Waals surface area contributed by atoms with Crippen LogP contribution in [0, 0.1) is 29.1 Å². The van der Waals surface area contributed by atoms with E-state index in [1.54, 1.807) is 0 Å². The van der Waals surface area contributed by atoms with Gasteiger partial charge >= 0.3 is 18.5 Å². The predicted octanol–water partition coefficient (Wildman–Crippen LogP) is 5.73. The van der Waals surface area contributed by atoms with Crippen molar-refractivity contribution in [3.8, 4) is 0 Å². The predicted molar refractivity (Wildman–Crippen MR) is 81.4 cm³/mol. The van der Waals surface area contributed by atoms with Crippen LogP contribution in [-0.2, 0) is 4.89 Å². The largest absolute Gasteiger partial charge is 0.426 e. The molecule has 0 amide bonds. The van der Waals surface area contributed by atoms with E-state index in [1.165, 1.54) is 6.92 Å². The molecule has 6 atom stereocenters. The highest BCUT2D eigenvalue weighted by Crippen LogP contribution is 2.61. The fourth-order valence-corrected chi connectivity index (χ4v) is 5.14. The second kappa shape index (κ2) is 7.44. The smallest absolute Gasteiger partial charge is 0.374 e. The van der Waals surface area contributed by atoms with Gasteiger partial charge in [-0.05, 0) is 62.7 Å². The Morgan fingerprint density at radius 1 is 0.897 bits per heavy atom. The van der Waals surface area contributed by atoms with Crippen molar-refractivity contribution in [2.45, 2.75) is 76.2 Å². The van der Waals surface area contributed by atoms with E-state index in [1.807, 2.05) is 0 Å². The summed E-state index contributed by atoms with van der Waals surface area (Å²) in [5, 5.41) is 18.7. The SMILES string of the molecule is CCC(C)(C(OO)C1CC2CC(CC(O)(C(F)(F)F)C(F)(F)F)C1C2)C(F)(F)F. The zero-order valence-corrected chi connectivity index (χ0v) is 15.6. The summed E-state index contributed by atoms with van der Waals surface area (Å²) in [6.07, 6.45) is -20.7. The Morgan fingerprint density at radius 3 is 1.76 bits per heavy atom. The molecule has 29 heavy (non-hydrogen) atoms. The first-order valence-electron chi connectivity index (χ1n) is 9.15. The van der Waals surface area contributed by atoms with Gasteiger partial charge in [0.1, 0.15) is 6.10 Å². The number of halogens is 9. The fourth-order valence-electron chi connectivity index (χ4n) is 5.14. The number of fused-ring (bicyclic) bond motifs is 2. The maximum atomic E-state index is 13.6. The molecule has 2 aliphatic rings. The van der Waals surface area contributed by atoms with Crippen molar-refractivity contribution in [2.24, 2.45) is 29.1 Å². The first-order valence-corrected chi connectivity index (χ1v) is 9.15. The molecule has 0 saturated heterocycles. The molecule has 3 nitrogen and oxygen atoms in total. The first-order chi connectivity index (χ1) is 12.9. The van der Waals surface area contributed by atoms with E-state index in [9.17, 15) is 49.9 Å². The Hall–Kier alpha value is -0.750. The third kappa shape index (κ3) is 3.96. The minimum Gasteiger partial charge on any atom is -0.374 e. The zero-order valence-electron chi connectivity index (χ0n) is 15.6. The topological polar surface area (TPSA) is 49.7 Å². The lowest BCUT2D eigenvalue weighted by Gasteiger charge is -2.44. The summed E-state index contributed by atoms with van der Waals surface area (Å²) in [5.41, 5.74) is -7.49. The van der Waals surface area contributed by atoms with Crippen LogP contribution in [0.3, 0.4) is 0 Å². The van der Waals surface area contributed by atoms with Crippen molar-refractivity contribution >= 4 is 0 Å². The third-order valence-electron chi connectivity index (χ3n) is 7.01. The van der Waals surface area contributed by atoms with Crippen LogP contribution >= 0.6 is 0 Å². The van der Waals surface area contributed by atoms with Crippen LogP contribution in [0.25, 0.3) is 0 Å². The van der Waals surface area contributed by atoms with E-state index < -0.39 is 72.2 Å². The van der Waals surface area contributed by atoms with Crippen LogP contribution < -0.4 is 0 Å². The lowest BCUT2D eigenvalue weighted by Crippen LogP contribution is -2.58. The van der Waals surface area contributed by atoms with Gasteiger partial charge in [-0.2, -0.15) is 39.5 Å². The molecular weight excluding hydrogens is 423 g/mol. The van der Waals surface area contributed by atoms with Crippen LogP contribution in [-0.4, -0.2) is 40.6 Å². The highest BCUT2D eigenvalue weighted by molar-refractivity contribution is 5.06. The molecule has 0 aliphatic heterocycles. The zero-order chi connectivity index (χ0) is 22.6. The van der Waals surface area contributed by atoms with Gasteiger partial charge in [-0.15, -0.1) is 0 Å². The van der Waals surface area contributed by atoms with Crippen molar-refractivity contribution < 1.29 is 54.8 Å². The summed E-state index contributed by atoms with van der Waals surface area (Å²) in [6.45, 7) is 2.01. The number of rotatable bonds is 6. The molecule has 2 saturated carbocycles. The van der Waals surface area contributed by atoms with Gasteiger partial charge in [0.05, 0.1) is 5.41 Å². The number of hydrogen-bond donors (Lipinski definition) is 2. The minimum atomic E-state index is -5.99. The van der Waals surface area contributed by atoms with Gasteiger partial charge < -0.3 is 5.11 Å². The minimum absolute atomic E-state index is 0.0668. The maximum Gasteiger partial charge on any atom is 0.426 e. The van der Waals surface area contributed by atoms with E-state index in [-0.39, 0.29) is 19.3 Å². The molecule has 2 rings (SSSR count). The fraction of sp³-hybridized carbons (Fsp3) is 1.00. The summed E-state index contributed by atoms with van der Waals surface area (Å²) in [7, 11) is 0. The van der Waals surface area contributed by atoms with Gasteiger partial charge in [0.25, 0.3) is 5.60 Å². The molecule has 2 fully saturated rings. The summed E-state index contributed by atoms with van der Waals surface area (Å²) >= 11 is 0. The second-order valence-electron chi connectivity index (χ2n) is 8.52.